The van der Waals surface area contributed by atoms with Gasteiger partial charge in [-0.1, -0.05) is 12.1 Å². The van der Waals surface area contributed by atoms with E-state index in [2.05, 4.69) is 9.89 Å². The van der Waals surface area contributed by atoms with Crippen molar-refractivity contribution in [1.29, 1.82) is 0 Å². The number of aliphatic hydroxyl groups is 2. The SMILES string of the molecule is COc1cccc2c1C(=O)c1c(O)c3c(c(O)c1C2=O)CC(O)(C(C)=O)C[C@@H]3OC1C[C@H](N=CN2CCCCC2)C(O)C(C)O1. The number of carbonyl (C=O) groups excluding carboxylic acids is 3. The molecular formula is C33H38N2O10. The molecule has 0 radical (unpaired) electrons. The van der Waals surface area contributed by atoms with Crippen LogP contribution in [0.5, 0.6) is 17.2 Å². The molecule has 2 aromatic carbocycles. The lowest BCUT2D eigenvalue weighted by Gasteiger charge is -2.42. The number of fused-ring (bicyclic) bond motifs is 3. The number of aromatic hydroxyl groups is 2. The number of ketones is 3. The molecule has 0 amide bonds. The number of hydrogen-bond donors (Lipinski definition) is 4. The standard InChI is InChI=1S/C33H38N2O10/c1-16-28(37)20(34-15-35-10-5-4-6-11-35)12-23(44-16)45-22-14-33(42,17(2)36)13-19-25(22)32(41)27-26(30(19)39)29(38)18-8-7-9-21(43-3)24(18)31(27)40/h7-9,15-16,20,22-23,28,37,39,41-42H,4-6,10-14H2,1-3H3/t16?,20-,22-,23?,28?,33?/m0/s1. The lowest BCUT2D eigenvalue weighted by atomic mass is 9.72. The van der Waals surface area contributed by atoms with Gasteiger partial charge >= 0.3 is 0 Å². The number of rotatable bonds is 6. The molecule has 6 rings (SSSR count). The molecule has 0 bridgehead atoms. The van der Waals surface area contributed by atoms with E-state index < -0.39 is 82.6 Å². The number of carbonyl (C=O) groups is 3. The Hall–Kier alpha value is -3.84. The van der Waals surface area contributed by atoms with Crippen LogP contribution in [0.25, 0.3) is 0 Å². The second kappa shape index (κ2) is 11.8. The molecule has 2 aliphatic heterocycles. The topological polar surface area (TPSA) is 175 Å². The van der Waals surface area contributed by atoms with Gasteiger partial charge in [0.2, 0.25) is 5.78 Å². The molecule has 2 heterocycles. The first-order chi connectivity index (χ1) is 21.4. The van der Waals surface area contributed by atoms with E-state index in [0.29, 0.717) is 0 Å². The van der Waals surface area contributed by atoms with Crippen LogP contribution in [0.15, 0.2) is 23.2 Å². The molecule has 6 atom stereocenters. The Balaban J connectivity index is 1.40. The summed E-state index contributed by atoms with van der Waals surface area (Å²) in [6.07, 6.45) is 0.609. The average molecular weight is 623 g/mol. The maximum Gasteiger partial charge on any atom is 0.202 e. The van der Waals surface area contributed by atoms with Crippen molar-refractivity contribution in [3.63, 3.8) is 0 Å². The summed E-state index contributed by atoms with van der Waals surface area (Å²) in [6.45, 7) is 4.64. The molecule has 4 unspecified atom stereocenters. The predicted molar refractivity (Wildman–Crippen MR) is 160 cm³/mol. The maximum absolute atomic E-state index is 13.8. The Kier molecular flexibility index (Phi) is 8.19. The second-order valence-electron chi connectivity index (χ2n) is 12.4. The quantitative estimate of drug-likeness (QED) is 0.181. The van der Waals surface area contributed by atoms with Crippen molar-refractivity contribution in [2.45, 2.75) is 88.6 Å². The summed E-state index contributed by atoms with van der Waals surface area (Å²) in [5.41, 5.74) is -2.98. The van der Waals surface area contributed by atoms with Crippen molar-refractivity contribution in [1.82, 2.24) is 4.90 Å². The third kappa shape index (κ3) is 5.29. The molecule has 2 fully saturated rings. The average Bonchev–Trinajstić information content (AvgIpc) is 3.02. The first kappa shape index (κ1) is 31.2. The molecule has 2 aliphatic carbocycles. The van der Waals surface area contributed by atoms with Crippen LogP contribution in [0.4, 0.5) is 0 Å². The lowest BCUT2D eigenvalue weighted by Crippen LogP contribution is -2.49. The van der Waals surface area contributed by atoms with E-state index in [0.717, 1.165) is 32.4 Å². The van der Waals surface area contributed by atoms with Crippen molar-refractivity contribution >= 4 is 23.7 Å². The van der Waals surface area contributed by atoms with Crippen LogP contribution in [0.2, 0.25) is 0 Å². The van der Waals surface area contributed by atoms with Gasteiger partial charge in [-0.05, 0) is 39.2 Å². The van der Waals surface area contributed by atoms with E-state index in [1.807, 2.05) is 0 Å². The van der Waals surface area contributed by atoms with Gasteiger partial charge in [0.1, 0.15) is 29.0 Å². The Morgan fingerprint density at radius 1 is 1.09 bits per heavy atom. The van der Waals surface area contributed by atoms with Gasteiger partial charge in [0.05, 0.1) is 48.4 Å². The number of likely N-dealkylation sites (tertiary alicyclic amines) is 1. The number of piperidine rings is 1. The van der Waals surface area contributed by atoms with E-state index in [9.17, 15) is 34.8 Å². The van der Waals surface area contributed by atoms with Gasteiger partial charge in [0.25, 0.3) is 0 Å². The minimum Gasteiger partial charge on any atom is -0.507 e. The highest BCUT2D eigenvalue weighted by Crippen LogP contribution is 2.52. The van der Waals surface area contributed by atoms with Gasteiger partial charge < -0.3 is 39.5 Å². The molecule has 240 valence electrons. The van der Waals surface area contributed by atoms with E-state index in [1.54, 1.807) is 13.3 Å². The number of methoxy groups -OCH3 is 1. The molecule has 12 heteroatoms. The smallest absolute Gasteiger partial charge is 0.202 e. The zero-order valence-electron chi connectivity index (χ0n) is 25.5. The van der Waals surface area contributed by atoms with Crippen LogP contribution in [0.3, 0.4) is 0 Å². The Bertz CT molecular complexity index is 1580. The fourth-order valence-electron chi connectivity index (χ4n) is 6.96. The minimum atomic E-state index is -2.01. The summed E-state index contributed by atoms with van der Waals surface area (Å²) >= 11 is 0. The normalized spacial score (nSPS) is 29.7. The van der Waals surface area contributed by atoms with Gasteiger partial charge in [-0.25, -0.2) is 0 Å². The third-order valence-corrected chi connectivity index (χ3v) is 9.53. The molecule has 2 aromatic rings. The van der Waals surface area contributed by atoms with Crippen LogP contribution in [0, 0.1) is 0 Å². The summed E-state index contributed by atoms with van der Waals surface area (Å²) in [5.74, 6) is -3.12. The minimum absolute atomic E-state index is 0.00811. The molecule has 0 spiro atoms. The van der Waals surface area contributed by atoms with Crippen molar-refractivity contribution in [2.75, 3.05) is 20.2 Å². The lowest BCUT2D eigenvalue weighted by molar-refractivity contribution is -0.246. The van der Waals surface area contributed by atoms with Gasteiger partial charge in [-0.3, -0.25) is 19.4 Å². The van der Waals surface area contributed by atoms with Crippen molar-refractivity contribution in [3.8, 4) is 17.2 Å². The zero-order chi connectivity index (χ0) is 32.2. The van der Waals surface area contributed by atoms with Gasteiger partial charge in [-0.15, -0.1) is 0 Å². The van der Waals surface area contributed by atoms with E-state index in [4.69, 9.17) is 14.2 Å². The van der Waals surface area contributed by atoms with E-state index in [1.165, 1.54) is 32.2 Å². The van der Waals surface area contributed by atoms with E-state index in [-0.39, 0.29) is 40.8 Å². The van der Waals surface area contributed by atoms with Crippen LogP contribution >= 0.6 is 0 Å². The molecule has 4 N–H and O–H groups in total. The molecule has 4 aliphatic rings. The highest BCUT2D eigenvalue weighted by atomic mass is 16.7. The Labute approximate surface area is 260 Å². The number of benzene rings is 2. The van der Waals surface area contributed by atoms with Crippen molar-refractivity contribution in [3.05, 3.63) is 51.6 Å². The van der Waals surface area contributed by atoms with Crippen LogP contribution in [-0.4, -0.2) is 99.4 Å². The number of phenols is 2. The molecular weight excluding hydrogens is 584 g/mol. The van der Waals surface area contributed by atoms with Crippen molar-refractivity contribution in [2.24, 2.45) is 4.99 Å². The highest BCUT2D eigenvalue weighted by molar-refractivity contribution is 6.31. The summed E-state index contributed by atoms with van der Waals surface area (Å²) in [4.78, 5) is 46.9. The summed E-state index contributed by atoms with van der Waals surface area (Å²) < 4.78 is 17.6. The first-order valence-electron chi connectivity index (χ1n) is 15.3. The summed E-state index contributed by atoms with van der Waals surface area (Å²) in [6, 6.07) is 3.90. The Morgan fingerprint density at radius 3 is 2.49 bits per heavy atom. The zero-order valence-corrected chi connectivity index (χ0v) is 25.5. The van der Waals surface area contributed by atoms with E-state index >= 15 is 0 Å². The molecule has 12 nitrogen and oxygen atoms in total. The number of aliphatic hydroxyl groups excluding tert-OH is 1. The van der Waals surface area contributed by atoms with Crippen LogP contribution in [-0.2, 0) is 20.7 Å². The van der Waals surface area contributed by atoms with Gasteiger partial charge in [0, 0.05) is 49.0 Å². The number of phenolic OH excluding ortho intramolecular Hbond substituents is 2. The molecule has 0 saturated carbocycles. The van der Waals surface area contributed by atoms with Crippen LogP contribution in [0.1, 0.15) is 95.0 Å². The number of aliphatic imine (C=N–C) groups is 1. The Morgan fingerprint density at radius 2 is 1.80 bits per heavy atom. The number of ether oxygens (including phenoxy) is 3. The largest absolute Gasteiger partial charge is 0.507 e. The maximum atomic E-state index is 13.8. The van der Waals surface area contributed by atoms with Crippen molar-refractivity contribution < 1.29 is 49.0 Å². The summed E-state index contributed by atoms with van der Waals surface area (Å²) in [7, 11) is 1.35. The van der Waals surface area contributed by atoms with Crippen LogP contribution < -0.4 is 4.74 Å². The number of hydrogen-bond acceptors (Lipinski definition) is 11. The van der Waals surface area contributed by atoms with Gasteiger partial charge in [0.15, 0.2) is 17.9 Å². The monoisotopic (exact) mass is 622 g/mol. The van der Waals surface area contributed by atoms with Gasteiger partial charge in [-0.2, -0.15) is 0 Å². The predicted octanol–water partition coefficient (Wildman–Crippen LogP) is 2.58. The number of nitrogens with zero attached hydrogens (tertiary/aromatic N) is 2. The molecule has 45 heavy (non-hydrogen) atoms. The summed E-state index contributed by atoms with van der Waals surface area (Å²) in [5, 5.41) is 45.5. The third-order valence-electron chi connectivity index (χ3n) is 9.53. The number of Topliss-reactive ketones (excluding diaryl/α,β-unsaturated/α-hetero) is 1. The second-order valence-corrected chi connectivity index (χ2v) is 12.4. The molecule has 0 aromatic heterocycles. The fraction of sp³-hybridized carbons (Fsp3) is 0.515. The highest BCUT2D eigenvalue weighted by Gasteiger charge is 2.49. The first-order valence-corrected chi connectivity index (χ1v) is 15.3. The fourth-order valence-corrected chi connectivity index (χ4v) is 6.96. The molecule has 2 saturated heterocycles.